The van der Waals surface area contributed by atoms with Gasteiger partial charge in [-0.25, -0.2) is 4.98 Å². The third-order valence-electron chi connectivity index (χ3n) is 6.44. The molecular formula is C30H20N4. The summed E-state index contributed by atoms with van der Waals surface area (Å²) in [6.07, 6.45) is 5.82. The highest BCUT2D eigenvalue weighted by molar-refractivity contribution is 6.10. The van der Waals surface area contributed by atoms with Gasteiger partial charge < -0.3 is 4.57 Å². The summed E-state index contributed by atoms with van der Waals surface area (Å²) < 4.78 is 4.47. The average molecular weight is 437 g/mol. The molecular weight excluding hydrogens is 416 g/mol. The first-order valence-electron chi connectivity index (χ1n) is 11.3. The summed E-state index contributed by atoms with van der Waals surface area (Å²) in [4.78, 5) is 9.28. The molecule has 0 N–H and O–H groups in total. The van der Waals surface area contributed by atoms with E-state index in [4.69, 9.17) is 4.98 Å². The minimum absolute atomic E-state index is 0.937. The van der Waals surface area contributed by atoms with Crippen LogP contribution in [0.2, 0.25) is 0 Å². The summed E-state index contributed by atoms with van der Waals surface area (Å²) in [7, 11) is 0. The maximum Gasteiger partial charge on any atom is 0.144 e. The number of imidazole rings is 1. The number of para-hydroxylation sites is 1. The predicted octanol–water partition coefficient (Wildman–Crippen LogP) is 7.16. The minimum atomic E-state index is 0.937. The Morgan fingerprint density at radius 3 is 2.41 bits per heavy atom. The zero-order valence-electron chi connectivity index (χ0n) is 18.3. The van der Waals surface area contributed by atoms with Gasteiger partial charge in [-0.3, -0.25) is 9.38 Å². The van der Waals surface area contributed by atoms with Crippen molar-refractivity contribution in [3.63, 3.8) is 0 Å². The first-order valence-corrected chi connectivity index (χ1v) is 11.3. The molecule has 4 heterocycles. The van der Waals surface area contributed by atoms with Gasteiger partial charge in [0.15, 0.2) is 0 Å². The molecule has 0 radical (unpaired) electrons. The van der Waals surface area contributed by atoms with Crippen molar-refractivity contribution in [3.8, 4) is 28.3 Å². The molecule has 0 amide bonds. The van der Waals surface area contributed by atoms with Crippen molar-refractivity contribution in [2.24, 2.45) is 0 Å². The summed E-state index contributed by atoms with van der Waals surface area (Å²) in [6.45, 7) is 0. The number of hydrogen-bond donors (Lipinski definition) is 0. The molecule has 4 nitrogen and oxygen atoms in total. The molecule has 0 aliphatic rings. The van der Waals surface area contributed by atoms with E-state index >= 15 is 0 Å². The van der Waals surface area contributed by atoms with Gasteiger partial charge in [0.25, 0.3) is 0 Å². The van der Waals surface area contributed by atoms with Crippen LogP contribution < -0.4 is 0 Å². The fourth-order valence-corrected chi connectivity index (χ4v) is 4.88. The number of fused-ring (bicyclic) bond motifs is 4. The normalized spacial score (nSPS) is 11.5. The second kappa shape index (κ2) is 7.42. The van der Waals surface area contributed by atoms with Gasteiger partial charge in [0.05, 0.1) is 28.4 Å². The molecule has 4 aromatic heterocycles. The Kier molecular flexibility index (Phi) is 4.11. The van der Waals surface area contributed by atoms with Gasteiger partial charge in [0, 0.05) is 40.0 Å². The van der Waals surface area contributed by atoms with Crippen LogP contribution in [0.5, 0.6) is 0 Å². The standard InChI is InChI=1S/C30H20N4/c1-2-13-28-25(11-1)26-15-14-21(27-12-3-5-16-31-27)19-29(26)34(28)23-10-7-8-22(18-23)30-32-20-24-9-4-6-17-33(24)30/h1-20H. The van der Waals surface area contributed by atoms with Crippen molar-refractivity contribution in [3.05, 3.63) is 122 Å². The Morgan fingerprint density at radius 2 is 1.47 bits per heavy atom. The SMILES string of the molecule is c1ccc(-c2ccc3c4ccccc4n(-c4cccc(-c5ncc6ccccn56)c4)c3c2)nc1. The van der Waals surface area contributed by atoms with Crippen molar-refractivity contribution in [2.75, 3.05) is 0 Å². The Morgan fingerprint density at radius 1 is 0.588 bits per heavy atom. The van der Waals surface area contributed by atoms with Crippen molar-refractivity contribution in [2.45, 2.75) is 0 Å². The van der Waals surface area contributed by atoms with Gasteiger partial charge >= 0.3 is 0 Å². The molecule has 34 heavy (non-hydrogen) atoms. The van der Waals surface area contributed by atoms with E-state index in [0.717, 1.165) is 39.4 Å². The number of nitrogens with zero attached hydrogens (tertiary/aromatic N) is 4. The Balaban J connectivity index is 1.49. The average Bonchev–Trinajstić information content (AvgIpc) is 3.48. The van der Waals surface area contributed by atoms with Gasteiger partial charge in [0.1, 0.15) is 5.82 Å². The molecule has 160 valence electrons. The summed E-state index contributed by atoms with van der Waals surface area (Å²) >= 11 is 0. The van der Waals surface area contributed by atoms with Crippen LogP contribution in [0, 0.1) is 0 Å². The van der Waals surface area contributed by atoms with Crippen molar-refractivity contribution < 1.29 is 0 Å². The second-order valence-corrected chi connectivity index (χ2v) is 8.43. The summed E-state index contributed by atoms with van der Waals surface area (Å²) in [6, 6.07) is 36.0. The zero-order valence-corrected chi connectivity index (χ0v) is 18.3. The van der Waals surface area contributed by atoms with Crippen molar-refractivity contribution in [1.82, 2.24) is 18.9 Å². The molecule has 0 unspecified atom stereocenters. The Bertz CT molecular complexity index is 1810. The summed E-state index contributed by atoms with van der Waals surface area (Å²) in [5.41, 5.74) is 7.69. The van der Waals surface area contributed by atoms with Gasteiger partial charge in [-0.05, 0) is 48.5 Å². The van der Waals surface area contributed by atoms with Crippen LogP contribution in [0.3, 0.4) is 0 Å². The smallest absolute Gasteiger partial charge is 0.144 e. The highest BCUT2D eigenvalue weighted by Crippen LogP contribution is 2.35. The fourth-order valence-electron chi connectivity index (χ4n) is 4.88. The third kappa shape index (κ3) is 2.86. The van der Waals surface area contributed by atoms with Crippen LogP contribution in [0.25, 0.3) is 55.7 Å². The molecule has 7 rings (SSSR count). The van der Waals surface area contributed by atoms with Crippen LogP contribution in [0.1, 0.15) is 0 Å². The second-order valence-electron chi connectivity index (χ2n) is 8.43. The molecule has 0 atom stereocenters. The molecule has 0 aliphatic carbocycles. The van der Waals surface area contributed by atoms with E-state index in [1.54, 1.807) is 0 Å². The molecule has 0 fully saturated rings. The lowest BCUT2D eigenvalue weighted by Crippen LogP contribution is -1.96. The molecule has 0 saturated heterocycles. The number of hydrogen-bond acceptors (Lipinski definition) is 2. The lowest BCUT2D eigenvalue weighted by atomic mass is 10.1. The first kappa shape index (κ1) is 18.8. The number of benzene rings is 3. The number of rotatable bonds is 3. The van der Waals surface area contributed by atoms with E-state index in [0.29, 0.717) is 0 Å². The third-order valence-corrected chi connectivity index (χ3v) is 6.44. The highest BCUT2D eigenvalue weighted by atomic mass is 15.0. The minimum Gasteiger partial charge on any atom is -0.309 e. The monoisotopic (exact) mass is 436 g/mol. The zero-order chi connectivity index (χ0) is 22.5. The fraction of sp³-hybridized carbons (Fsp3) is 0. The Hall–Kier alpha value is -4.70. The molecule has 0 aliphatic heterocycles. The summed E-state index contributed by atoms with van der Waals surface area (Å²) in [5.74, 6) is 0.937. The Labute approximate surface area is 196 Å². The first-order chi connectivity index (χ1) is 16.9. The van der Waals surface area contributed by atoms with Gasteiger partial charge in [0.2, 0.25) is 0 Å². The van der Waals surface area contributed by atoms with Gasteiger partial charge in [-0.1, -0.05) is 54.6 Å². The predicted molar refractivity (Wildman–Crippen MR) is 138 cm³/mol. The molecule has 7 aromatic rings. The molecule has 0 saturated carbocycles. The van der Waals surface area contributed by atoms with Crippen molar-refractivity contribution in [1.29, 1.82) is 0 Å². The molecule has 3 aromatic carbocycles. The number of aromatic nitrogens is 4. The molecule has 4 heteroatoms. The van der Waals surface area contributed by atoms with E-state index in [1.807, 2.05) is 36.7 Å². The van der Waals surface area contributed by atoms with Gasteiger partial charge in [-0.2, -0.15) is 0 Å². The van der Waals surface area contributed by atoms with Crippen LogP contribution in [0.15, 0.2) is 122 Å². The highest BCUT2D eigenvalue weighted by Gasteiger charge is 2.15. The summed E-state index contributed by atoms with van der Waals surface area (Å²) in [5, 5.41) is 2.47. The van der Waals surface area contributed by atoms with E-state index < -0.39 is 0 Å². The van der Waals surface area contributed by atoms with E-state index in [-0.39, 0.29) is 0 Å². The molecule has 0 bridgehead atoms. The lowest BCUT2D eigenvalue weighted by molar-refractivity contribution is 1.15. The van der Waals surface area contributed by atoms with Crippen LogP contribution >= 0.6 is 0 Å². The maximum atomic E-state index is 4.71. The largest absolute Gasteiger partial charge is 0.309 e. The molecule has 0 spiro atoms. The van der Waals surface area contributed by atoms with E-state index in [2.05, 4.69) is 99.0 Å². The maximum absolute atomic E-state index is 4.71. The lowest BCUT2D eigenvalue weighted by Gasteiger charge is -2.11. The quantitative estimate of drug-likeness (QED) is 0.295. The van der Waals surface area contributed by atoms with Crippen LogP contribution in [-0.4, -0.2) is 18.9 Å². The van der Waals surface area contributed by atoms with E-state index in [9.17, 15) is 0 Å². The van der Waals surface area contributed by atoms with Crippen molar-refractivity contribution >= 4 is 27.3 Å². The number of pyridine rings is 2. The topological polar surface area (TPSA) is 35.1 Å². The van der Waals surface area contributed by atoms with Gasteiger partial charge in [-0.15, -0.1) is 0 Å². The van der Waals surface area contributed by atoms with E-state index in [1.165, 1.54) is 16.3 Å². The van der Waals surface area contributed by atoms with Crippen LogP contribution in [0.4, 0.5) is 0 Å². The van der Waals surface area contributed by atoms with Crippen LogP contribution in [-0.2, 0) is 0 Å².